The number of nitrogens with zero attached hydrogens (tertiary/aromatic N) is 1. The summed E-state index contributed by atoms with van der Waals surface area (Å²) in [5.74, 6) is -0.0533. The molecular formula is C18H18Cl2N2O5S. The van der Waals surface area contributed by atoms with E-state index in [1.165, 1.54) is 34.6 Å². The zero-order chi connectivity index (χ0) is 20.1. The van der Waals surface area contributed by atoms with E-state index in [-0.39, 0.29) is 11.5 Å². The van der Waals surface area contributed by atoms with Crippen molar-refractivity contribution in [1.29, 1.82) is 0 Å². The Balaban J connectivity index is 1.58. The largest absolute Gasteiger partial charge is 0.484 e. The van der Waals surface area contributed by atoms with Gasteiger partial charge >= 0.3 is 0 Å². The van der Waals surface area contributed by atoms with Crippen LogP contribution in [0.3, 0.4) is 0 Å². The van der Waals surface area contributed by atoms with Crippen molar-refractivity contribution in [3.05, 3.63) is 52.5 Å². The van der Waals surface area contributed by atoms with Crippen LogP contribution in [-0.2, 0) is 19.6 Å². The maximum absolute atomic E-state index is 12.6. The van der Waals surface area contributed by atoms with Gasteiger partial charge in [-0.1, -0.05) is 23.2 Å². The van der Waals surface area contributed by atoms with Gasteiger partial charge in [0, 0.05) is 18.1 Å². The summed E-state index contributed by atoms with van der Waals surface area (Å²) in [7, 11) is -3.57. The Labute approximate surface area is 173 Å². The zero-order valence-electron chi connectivity index (χ0n) is 14.7. The van der Waals surface area contributed by atoms with Crippen LogP contribution in [0.5, 0.6) is 5.75 Å². The van der Waals surface area contributed by atoms with Crippen LogP contribution in [0.1, 0.15) is 0 Å². The molecule has 0 atom stereocenters. The molecule has 0 aliphatic carbocycles. The Morgan fingerprint density at radius 3 is 2.46 bits per heavy atom. The molecule has 3 rings (SSSR count). The zero-order valence-corrected chi connectivity index (χ0v) is 17.1. The number of ether oxygens (including phenoxy) is 2. The Morgan fingerprint density at radius 1 is 1.11 bits per heavy atom. The second kappa shape index (κ2) is 9.11. The molecule has 0 aromatic heterocycles. The predicted octanol–water partition coefficient (Wildman–Crippen LogP) is 3.03. The molecule has 28 heavy (non-hydrogen) atoms. The Hall–Kier alpha value is -1.84. The van der Waals surface area contributed by atoms with E-state index in [0.29, 0.717) is 47.8 Å². The van der Waals surface area contributed by atoms with E-state index >= 15 is 0 Å². The van der Waals surface area contributed by atoms with Crippen molar-refractivity contribution < 1.29 is 22.7 Å². The summed E-state index contributed by atoms with van der Waals surface area (Å²) in [5, 5.41) is 3.40. The normalized spacial score (nSPS) is 15.2. The molecule has 1 aliphatic heterocycles. The van der Waals surface area contributed by atoms with Crippen LogP contribution < -0.4 is 10.1 Å². The fraction of sp³-hybridized carbons (Fsp3) is 0.278. The van der Waals surface area contributed by atoms with E-state index in [2.05, 4.69) is 5.32 Å². The number of carbonyl (C=O) groups excluding carboxylic acids is 1. The van der Waals surface area contributed by atoms with E-state index < -0.39 is 15.9 Å². The minimum Gasteiger partial charge on any atom is -0.484 e. The number of carbonyl (C=O) groups is 1. The van der Waals surface area contributed by atoms with Crippen molar-refractivity contribution in [3.63, 3.8) is 0 Å². The predicted molar refractivity (Wildman–Crippen MR) is 107 cm³/mol. The van der Waals surface area contributed by atoms with Gasteiger partial charge in [-0.3, -0.25) is 4.79 Å². The van der Waals surface area contributed by atoms with Crippen molar-refractivity contribution in [2.75, 3.05) is 38.2 Å². The highest BCUT2D eigenvalue weighted by Crippen LogP contribution is 2.25. The van der Waals surface area contributed by atoms with Crippen LogP contribution in [0.25, 0.3) is 0 Å². The van der Waals surface area contributed by atoms with Gasteiger partial charge < -0.3 is 14.8 Å². The Kier molecular flexibility index (Phi) is 6.79. The quantitative estimate of drug-likeness (QED) is 0.739. The summed E-state index contributed by atoms with van der Waals surface area (Å²) in [6, 6.07) is 10.6. The van der Waals surface area contributed by atoms with Crippen LogP contribution in [0.4, 0.5) is 5.69 Å². The van der Waals surface area contributed by atoms with Crippen molar-refractivity contribution in [1.82, 2.24) is 4.31 Å². The number of hydrogen-bond acceptors (Lipinski definition) is 5. The van der Waals surface area contributed by atoms with Crippen LogP contribution in [0, 0.1) is 0 Å². The molecule has 150 valence electrons. The smallest absolute Gasteiger partial charge is 0.262 e. The van der Waals surface area contributed by atoms with E-state index in [4.69, 9.17) is 32.7 Å². The Bertz CT molecular complexity index is 945. The third kappa shape index (κ3) is 5.15. The molecule has 1 heterocycles. The second-order valence-corrected chi connectivity index (χ2v) is 8.73. The minimum absolute atomic E-state index is 0.164. The summed E-state index contributed by atoms with van der Waals surface area (Å²) in [5.41, 5.74) is 0.384. The van der Waals surface area contributed by atoms with Gasteiger partial charge in [0.05, 0.1) is 28.8 Å². The minimum atomic E-state index is -3.57. The van der Waals surface area contributed by atoms with Crippen LogP contribution >= 0.6 is 23.2 Å². The van der Waals surface area contributed by atoms with Crippen LogP contribution in [-0.4, -0.2) is 51.5 Å². The highest BCUT2D eigenvalue weighted by Gasteiger charge is 2.26. The summed E-state index contributed by atoms with van der Waals surface area (Å²) < 4.78 is 37.1. The lowest BCUT2D eigenvalue weighted by atomic mass is 10.3. The lowest BCUT2D eigenvalue weighted by Crippen LogP contribution is -2.40. The van der Waals surface area contributed by atoms with E-state index in [9.17, 15) is 13.2 Å². The maximum atomic E-state index is 12.6. The molecule has 0 spiro atoms. The first-order chi connectivity index (χ1) is 13.4. The first-order valence-electron chi connectivity index (χ1n) is 8.42. The number of hydrogen-bond donors (Lipinski definition) is 1. The second-order valence-electron chi connectivity index (χ2n) is 5.95. The summed E-state index contributed by atoms with van der Waals surface area (Å²) in [4.78, 5) is 12.2. The van der Waals surface area contributed by atoms with Gasteiger partial charge in [0.1, 0.15) is 5.75 Å². The summed E-state index contributed by atoms with van der Waals surface area (Å²) in [6.45, 7) is 1.15. The SMILES string of the molecule is O=C(COc1ccc(S(=O)(=O)N2CCOCC2)cc1)Nc1cc(Cl)ccc1Cl. The Morgan fingerprint density at radius 2 is 1.79 bits per heavy atom. The standard InChI is InChI=1S/C18H18Cl2N2O5S/c19-13-1-6-16(20)17(11-13)21-18(23)12-27-14-2-4-15(5-3-14)28(24,25)22-7-9-26-10-8-22/h1-6,11H,7-10,12H2,(H,21,23). The molecule has 2 aromatic carbocycles. The lowest BCUT2D eigenvalue weighted by molar-refractivity contribution is -0.118. The fourth-order valence-corrected chi connectivity index (χ4v) is 4.32. The molecule has 0 saturated carbocycles. The van der Waals surface area contributed by atoms with Gasteiger partial charge in [-0.2, -0.15) is 4.31 Å². The average Bonchev–Trinajstić information content (AvgIpc) is 2.70. The van der Waals surface area contributed by atoms with Crippen molar-refractivity contribution in [2.45, 2.75) is 4.90 Å². The van der Waals surface area contributed by atoms with Gasteiger partial charge in [0.15, 0.2) is 6.61 Å². The summed E-state index contributed by atoms with van der Waals surface area (Å²) in [6.07, 6.45) is 0. The van der Waals surface area contributed by atoms with Gasteiger partial charge in [-0.15, -0.1) is 0 Å². The third-order valence-corrected chi connectivity index (χ3v) is 6.48. The average molecular weight is 445 g/mol. The number of rotatable bonds is 6. The lowest BCUT2D eigenvalue weighted by Gasteiger charge is -2.26. The first kappa shape index (κ1) is 20.9. The number of anilines is 1. The fourth-order valence-electron chi connectivity index (χ4n) is 2.57. The third-order valence-electron chi connectivity index (χ3n) is 4.00. The number of nitrogens with one attached hydrogen (secondary N) is 1. The molecular weight excluding hydrogens is 427 g/mol. The number of benzene rings is 2. The molecule has 7 nitrogen and oxygen atoms in total. The molecule has 0 bridgehead atoms. The van der Waals surface area contributed by atoms with E-state index in [1.807, 2.05) is 0 Å². The van der Waals surface area contributed by atoms with Crippen molar-refractivity contribution >= 4 is 44.8 Å². The number of sulfonamides is 1. The molecule has 0 radical (unpaired) electrons. The van der Waals surface area contributed by atoms with E-state index in [0.717, 1.165) is 0 Å². The van der Waals surface area contributed by atoms with Crippen LogP contribution in [0.15, 0.2) is 47.4 Å². The van der Waals surface area contributed by atoms with Gasteiger partial charge in [-0.05, 0) is 42.5 Å². The number of amides is 1. The monoisotopic (exact) mass is 444 g/mol. The molecule has 1 N–H and O–H groups in total. The maximum Gasteiger partial charge on any atom is 0.262 e. The number of halogens is 2. The topological polar surface area (TPSA) is 84.9 Å². The van der Waals surface area contributed by atoms with Gasteiger partial charge in [0.25, 0.3) is 5.91 Å². The number of morpholine rings is 1. The van der Waals surface area contributed by atoms with Crippen molar-refractivity contribution in [3.8, 4) is 5.75 Å². The molecule has 2 aromatic rings. The molecule has 0 unspecified atom stereocenters. The first-order valence-corrected chi connectivity index (χ1v) is 10.6. The molecule has 10 heteroatoms. The highest BCUT2D eigenvalue weighted by atomic mass is 35.5. The summed E-state index contributed by atoms with van der Waals surface area (Å²) >= 11 is 11.9. The van der Waals surface area contributed by atoms with Crippen molar-refractivity contribution in [2.24, 2.45) is 0 Å². The molecule has 1 fully saturated rings. The van der Waals surface area contributed by atoms with Gasteiger partial charge in [0.2, 0.25) is 10.0 Å². The molecule has 1 amide bonds. The molecule has 1 aliphatic rings. The van der Waals surface area contributed by atoms with E-state index in [1.54, 1.807) is 12.1 Å². The highest BCUT2D eigenvalue weighted by molar-refractivity contribution is 7.89. The van der Waals surface area contributed by atoms with Gasteiger partial charge in [-0.25, -0.2) is 8.42 Å². The van der Waals surface area contributed by atoms with Crippen LogP contribution in [0.2, 0.25) is 10.0 Å². The molecule has 1 saturated heterocycles.